The highest BCUT2D eigenvalue weighted by Gasteiger charge is 2.38. The van der Waals surface area contributed by atoms with Crippen LogP contribution in [0, 0.1) is 0 Å². The van der Waals surface area contributed by atoms with Crippen LogP contribution in [0.2, 0.25) is 0 Å². The highest BCUT2D eigenvalue weighted by Crippen LogP contribution is 2.25. The first kappa shape index (κ1) is 18.4. The number of rotatable bonds is 4. The fraction of sp³-hybridized carbons (Fsp3) is 0.737. The molecule has 8 heteroatoms. The third-order valence-corrected chi connectivity index (χ3v) is 5.94. The minimum Gasteiger partial charge on any atom is -0.481 e. The second-order valence-electron chi connectivity index (χ2n) is 7.46. The molecule has 4 rings (SSSR count). The van der Waals surface area contributed by atoms with Gasteiger partial charge >= 0.3 is 0 Å². The number of carbonyl (C=O) groups excluding carboxylic acids is 1. The van der Waals surface area contributed by atoms with E-state index in [2.05, 4.69) is 24.7 Å². The topological polar surface area (TPSA) is 71.0 Å². The monoisotopic (exact) mass is 375 g/mol. The van der Waals surface area contributed by atoms with Crippen molar-refractivity contribution in [2.45, 2.75) is 37.8 Å². The molecule has 0 spiro atoms. The molecule has 1 atom stereocenters. The average Bonchev–Trinajstić information content (AvgIpc) is 2.75. The highest BCUT2D eigenvalue weighted by atomic mass is 16.5. The van der Waals surface area contributed by atoms with Crippen molar-refractivity contribution in [3.63, 3.8) is 0 Å². The van der Waals surface area contributed by atoms with Crippen molar-refractivity contribution in [3.8, 4) is 5.88 Å². The number of anilines is 1. The molecule has 3 aliphatic heterocycles. The summed E-state index contributed by atoms with van der Waals surface area (Å²) in [6.07, 6.45) is 5.73. The van der Waals surface area contributed by atoms with Gasteiger partial charge in [-0.1, -0.05) is 0 Å². The van der Waals surface area contributed by atoms with Gasteiger partial charge in [0.1, 0.15) is 0 Å². The Kier molecular flexibility index (Phi) is 5.73. The smallest absolute Gasteiger partial charge is 0.240 e. The van der Waals surface area contributed by atoms with E-state index in [-0.39, 0.29) is 6.04 Å². The third kappa shape index (κ3) is 4.01. The molecule has 0 unspecified atom stereocenters. The molecule has 0 aromatic carbocycles. The van der Waals surface area contributed by atoms with Gasteiger partial charge in [0.25, 0.3) is 0 Å². The van der Waals surface area contributed by atoms with E-state index in [1.807, 2.05) is 0 Å². The van der Waals surface area contributed by atoms with Gasteiger partial charge in [-0.25, -0.2) is 4.98 Å². The quantitative estimate of drug-likeness (QED) is 0.770. The molecule has 0 N–H and O–H groups in total. The zero-order chi connectivity index (χ0) is 18.6. The third-order valence-electron chi connectivity index (χ3n) is 5.94. The Bertz CT molecular complexity index is 644. The molecule has 3 fully saturated rings. The summed E-state index contributed by atoms with van der Waals surface area (Å²) in [7, 11) is 1.61. The molecule has 0 saturated carbocycles. The number of ether oxygens (including phenoxy) is 2. The molecule has 148 valence electrons. The molecular formula is C19H29N5O3. The average molecular weight is 375 g/mol. The van der Waals surface area contributed by atoms with Crippen molar-refractivity contribution in [2.75, 3.05) is 57.9 Å². The van der Waals surface area contributed by atoms with Crippen molar-refractivity contribution in [2.24, 2.45) is 0 Å². The van der Waals surface area contributed by atoms with Crippen LogP contribution in [0.3, 0.4) is 0 Å². The van der Waals surface area contributed by atoms with Gasteiger partial charge in [0, 0.05) is 64.2 Å². The largest absolute Gasteiger partial charge is 0.481 e. The lowest BCUT2D eigenvalue weighted by Crippen LogP contribution is -2.60. The molecule has 0 radical (unpaired) electrons. The number of methoxy groups -OCH3 is 1. The Morgan fingerprint density at radius 2 is 1.89 bits per heavy atom. The number of nitrogens with zero attached hydrogens (tertiary/aromatic N) is 5. The Morgan fingerprint density at radius 1 is 1.11 bits per heavy atom. The van der Waals surface area contributed by atoms with Crippen LogP contribution < -0.4 is 9.64 Å². The number of amides is 1. The Morgan fingerprint density at radius 3 is 2.63 bits per heavy atom. The van der Waals surface area contributed by atoms with E-state index in [1.165, 1.54) is 0 Å². The van der Waals surface area contributed by atoms with Crippen molar-refractivity contribution in [3.05, 3.63) is 12.3 Å². The van der Waals surface area contributed by atoms with E-state index < -0.39 is 0 Å². The van der Waals surface area contributed by atoms with Crippen molar-refractivity contribution < 1.29 is 14.3 Å². The second-order valence-corrected chi connectivity index (χ2v) is 7.46. The van der Waals surface area contributed by atoms with E-state index in [0.717, 1.165) is 71.6 Å². The lowest BCUT2D eigenvalue weighted by atomic mass is 9.97. The van der Waals surface area contributed by atoms with E-state index in [0.29, 0.717) is 23.8 Å². The van der Waals surface area contributed by atoms with Crippen LogP contribution in [0.1, 0.15) is 25.7 Å². The number of hydrogen-bond acceptors (Lipinski definition) is 7. The molecule has 0 bridgehead atoms. The van der Waals surface area contributed by atoms with Crippen molar-refractivity contribution in [1.29, 1.82) is 0 Å². The maximum atomic E-state index is 13.1. The molecule has 1 aromatic rings. The summed E-state index contributed by atoms with van der Waals surface area (Å²) in [5, 5.41) is 0. The SMILES string of the molecule is COc1ccnc(N2CCN([C@H]3CCCN(C4CCOCC4)C3=O)CC2)n1. The summed E-state index contributed by atoms with van der Waals surface area (Å²) in [5.74, 6) is 1.60. The van der Waals surface area contributed by atoms with Gasteiger partial charge in [-0.05, 0) is 25.7 Å². The molecule has 8 nitrogen and oxygen atoms in total. The number of aromatic nitrogens is 2. The number of likely N-dealkylation sites (tertiary alicyclic amines) is 1. The molecular weight excluding hydrogens is 346 g/mol. The Hall–Kier alpha value is -1.93. The van der Waals surface area contributed by atoms with Crippen LogP contribution >= 0.6 is 0 Å². The molecule has 27 heavy (non-hydrogen) atoms. The van der Waals surface area contributed by atoms with E-state index in [4.69, 9.17) is 9.47 Å². The summed E-state index contributed by atoms with van der Waals surface area (Å²) in [6, 6.07) is 2.14. The standard InChI is InChI=1S/C19H29N5O3/c1-26-17-4-7-20-19(21-17)23-11-9-22(10-12-23)16-3-2-8-24(18(16)25)15-5-13-27-14-6-15/h4,7,15-16H,2-3,5-6,8-14H2,1H3/t16-/m0/s1. The zero-order valence-corrected chi connectivity index (χ0v) is 16.0. The lowest BCUT2D eigenvalue weighted by Gasteiger charge is -2.45. The summed E-state index contributed by atoms with van der Waals surface area (Å²) in [6.45, 7) is 5.83. The molecule has 0 aliphatic carbocycles. The number of piperidine rings is 1. The van der Waals surface area contributed by atoms with Gasteiger partial charge < -0.3 is 19.3 Å². The highest BCUT2D eigenvalue weighted by molar-refractivity contribution is 5.83. The maximum absolute atomic E-state index is 13.1. The van der Waals surface area contributed by atoms with E-state index >= 15 is 0 Å². The fourth-order valence-electron chi connectivity index (χ4n) is 4.41. The first-order chi connectivity index (χ1) is 13.3. The van der Waals surface area contributed by atoms with Gasteiger partial charge in [0.15, 0.2) is 0 Å². The van der Waals surface area contributed by atoms with Crippen LogP contribution in [0.25, 0.3) is 0 Å². The maximum Gasteiger partial charge on any atom is 0.240 e. The molecule has 3 saturated heterocycles. The van der Waals surface area contributed by atoms with Crippen LogP contribution in [0.4, 0.5) is 5.95 Å². The summed E-state index contributed by atoms with van der Waals surface area (Å²) in [5.41, 5.74) is 0. The van der Waals surface area contributed by atoms with Crippen molar-refractivity contribution in [1.82, 2.24) is 19.8 Å². The predicted molar refractivity (Wildman–Crippen MR) is 101 cm³/mol. The molecule has 4 heterocycles. The van der Waals surface area contributed by atoms with Gasteiger partial charge in [-0.15, -0.1) is 0 Å². The predicted octanol–water partition coefficient (Wildman–Crippen LogP) is 0.777. The summed E-state index contributed by atoms with van der Waals surface area (Å²) in [4.78, 5) is 28.6. The zero-order valence-electron chi connectivity index (χ0n) is 16.0. The lowest BCUT2D eigenvalue weighted by molar-refractivity contribution is -0.145. The summed E-state index contributed by atoms with van der Waals surface area (Å²) < 4.78 is 10.7. The minimum absolute atomic E-state index is 0.0231. The normalized spacial score (nSPS) is 25.7. The molecule has 1 aromatic heterocycles. The fourth-order valence-corrected chi connectivity index (χ4v) is 4.41. The van der Waals surface area contributed by atoms with Gasteiger partial charge in [-0.2, -0.15) is 4.98 Å². The number of carbonyl (C=O) groups is 1. The first-order valence-corrected chi connectivity index (χ1v) is 10.0. The van der Waals surface area contributed by atoms with Crippen LogP contribution in [-0.4, -0.2) is 90.8 Å². The van der Waals surface area contributed by atoms with Gasteiger partial charge in [0.2, 0.25) is 17.7 Å². The number of hydrogen-bond donors (Lipinski definition) is 0. The van der Waals surface area contributed by atoms with Crippen LogP contribution in [0.5, 0.6) is 5.88 Å². The molecule has 1 amide bonds. The van der Waals surface area contributed by atoms with Crippen LogP contribution in [0.15, 0.2) is 12.3 Å². The Balaban J connectivity index is 1.36. The van der Waals surface area contributed by atoms with E-state index in [1.54, 1.807) is 19.4 Å². The van der Waals surface area contributed by atoms with E-state index in [9.17, 15) is 4.79 Å². The Labute approximate surface area is 160 Å². The van der Waals surface area contributed by atoms with Gasteiger partial charge in [-0.3, -0.25) is 9.69 Å². The molecule has 3 aliphatic rings. The summed E-state index contributed by atoms with van der Waals surface area (Å²) >= 11 is 0. The van der Waals surface area contributed by atoms with Crippen molar-refractivity contribution >= 4 is 11.9 Å². The number of piperazine rings is 1. The van der Waals surface area contributed by atoms with Gasteiger partial charge in [0.05, 0.1) is 13.2 Å². The second kappa shape index (κ2) is 8.39. The minimum atomic E-state index is 0.0231. The van der Waals surface area contributed by atoms with Crippen LogP contribution in [-0.2, 0) is 9.53 Å². The first-order valence-electron chi connectivity index (χ1n) is 10.0.